The number of hydrogen-bond acceptors (Lipinski definition) is 4. The Kier molecular flexibility index (Phi) is 2.87. The van der Waals surface area contributed by atoms with E-state index in [0.29, 0.717) is 12.8 Å². The fourth-order valence-electron chi connectivity index (χ4n) is 4.40. The molecule has 0 aromatic carbocycles. The van der Waals surface area contributed by atoms with Crippen molar-refractivity contribution in [1.82, 2.24) is 14.9 Å². The molecule has 23 heavy (non-hydrogen) atoms. The van der Waals surface area contributed by atoms with Crippen molar-refractivity contribution in [2.75, 3.05) is 0 Å². The van der Waals surface area contributed by atoms with Gasteiger partial charge >= 0.3 is 0 Å². The van der Waals surface area contributed by atoms with Gasteiger partial charge in [-0.05, 0) is 25.7 Å². The van der Waals surface area contributed by atoms with Crippen LogP contribution in [0.5, 0.6) is 5.88 Å². The number of aromatic nitrogens is 2. The summed E-state index contributed by atoms with van der Waals surface area (Å²) in [6, 6.07) is -0.375. The van der Waals surface area contributed by atoms with E-state index >= 15 is 0 Å². The molecule has 3 fully saturated rings. The highest BCUT2D eigenvalue weighted by molar-refractivity contribution is 5.80. The second-order valence-corrected chi connectivity index (χ2v) is 6.97. The molecule has 1 aromatic rings. The van der Waals surface area contributed by atoms with Gasteiger partial charge < -0.3 is 15.0 Å². The smallest absolute Gasteiger partial charge is 0.258 e. The second-order valence-electron chi connectivity index (χ2n) is 6.97. The molecule has 1 aromatic heterocycles. The number of H-pyrrole nitrogens is 1. The normalized spacial score (nSPS) is 33.9. The molecule has 3 heterocycles. The van der Waals surface area contributed by atoms with Crippen LogP contribution in [0.4, 0.5) is 8.78 Å². The molecule has 4 rings (SSSR count). The van der Waals surface area contributed by atoms with Gasteiger partial charge in [-0.2, -0.15) is 0 Å². The summed E-state index contributed by atoms with van der Waals surface area (Å²) in [4.78, 5) is 31.8. The molecule has 2 aliphatic heterocycles. The van der Waals surface area contributed by atoms with Crippen LogP contribution in [-0.2, 0) is 11.2 Å². The van der Waals surface area contributed by atoms with Crippen LogP contribution in [0.2, 0.25) is 0 Å². The van der Waals surface area contributed by atoms with Gasteiger partial charge in [-0.3, -0.25) is 9.59 Å². The van der Waals surface area contributed by atoms with E-state index in [0.717, 1.165) is 19.2 Å². The summed E-state index contributed by atoms with van der Waals surface area (Å²) in [7, 11) is 0. The lowest BCUT2D eigenvalue weighted by molar-refractivity contribution is -0.137. The molecule has 8 heteroatoms. The third-order valence-corrected chi connectivity index (χ3v) is 5.63. The minimum absolute atomic E-state index is 0.0713. The van der Waals surface area contributed by atoms with Crippen LogP contribution in [-0.4, -0.2) is 43.9 Å². The number of carbonyl (C=O) groups excluding carboxylic acids is 1. The molecule has 2 bridgehead atoms. The summed E-state index contributed by atoms with van der Waals surface area (Å²) in [5.41, 5.74) is -1.54. The van der Waals surface area contributed by atoms with Gasteiger partial charge in [-0.15, -0.1) is 0 Å². The standard InChI is InChI=1S/C15H17F2N3O3/c16-15(17)6-14(15)4-8-1-2-9(5-14)20(8)11(21)3-10-12(22)18-7-19-13(10)23/h7-9H,1-6H2,(H2,18,19,22,23). The molecule has 0 radical (unpaired) electrons. The van der Waals surface area contributed by atoms with E-state index in [9.17, 15) is 23.5 Å². The number of amides is 1. The first-order valence-corrected chi connectivity index (χ1v) is 7.77. The van der Waals surface area contributed by atoms with E-state index in [2.05, 4.69) is 9.97 Å². The highest BCUT2D eigenvalue weighted by atomic mass is 19.3. The molecule has 6 nitrogen and oxygen atoms in total. The summed E-state index contributed by atoms with van der Waals surface area (Å²) >= 11 is 0. The van der Waals surface area contributed by atoms with Gasteiger partial charge in [0.25, 0.3) is 11.5 Å². The van der Waals surface area contributed by atoms with Gasteiger partial charge in [0.2, 0.25) is 11.8 Å². The van der Waals surface area contributed by atoms with Crippen LogP contribution in [0.25, 0.3) is 0 Å². The second kappa shape index (κ2) is 4.52. The van der Waals surface area contributed by atoms with Crippen LogP contribution < -0.4 is 5.56 Å². The van der Waals surface area contributed by atoms with Gasteiger partial charge in [0, 0.05) is 23.9 Å². The maximum atomic E-state index is 13.6. The Morgan fingerprint density at radius 2 is 2.00 bits per heavy atom. The predicted molar refractivity (Wildman–Crippen MR) is 75.1 cm³/mol. The van der Waals surface area contributed by atoms with E-state index in [1.165, 1.54) is 0 Å². The SMILES string of the molecule is O=C(Cc1c(O)nc[nH]c1=O)N1C2CCC1CC1(C2)CC1(F)F. The third-order valence-electron chi connectivity index (χ3n) is 5.63. The van der Waals surface area contributed by atoms with Gasteiger partial charge in [-0.25, -0.2) is 13.8 Å². The quantitative estimate of drug-likeness (QED) is 0.855. The molecule has 2 N–H and O–H groups in total. The number of fused-ring (bicyclic) bond motifs is 2. The van der Waals surface area contributed by atoms with Crippen LogP contribution in [0, 0.1) is 5.41 Å². The summed E-state index contributed by atoms with van der Waals surface area (Å²) in [6.07, 6.45) is 2.85. The lowest BCUT2D eigenvalue weighted by Gasteiger charge is -2.39. The van der Waals surface area contributed by atoms with Crippen molar-refractivity contribution in [3.8, 4) is 5.88 Å². The highest BCUT2D eigenvalue weighted by Crippen LogP contribution is 2.69. The van der Waals surface area contributed by atoms with Gasteiger partial charge in [0.05, 0.1) is 18.3 Å². The fraction of sp³-hybridized carbons (Fsp3) is 0.667. The van der Waals surface area contributed by atoms with Crippen LogP contribution in [0.15, 0.2) is 11.1 Å². The molecule has 1 saturated carbocycles. The van der Waals surface area contributed by atoms with E-state index in [4.69, 9.17) is 0 Å². The zero-order chi connectivity index (χ0) is 16.4. The molecule has 1 amide bonds. The third kappa shape index (κ3) is 2.07. The average Bonchev–Trinajstić information content (AvgIpc) is 2.85. The first-order chi connectivity index (χ1) is 10.8. The van der Waals surface area contributed by atoms with Crippen LogP contribution in [0.1, 0.15) is 37.7 Å². The molecule has 3 aliphatic rings. The number of hydrogen-bond donors (Lipinski definition) is 2. The van der Waals surface area contributed by atoms with E-state index < -0.39 is 22.8 Å². The minimum Gasteiger partial charge on any atom is -0.493 e. The number of piperidine rings is 1. The Morgan fingerprint density at radius 1 is 1.39 bits per heavy atom. The fourth-order valence-corrected chi connectivity index (χ4v) is 4.40. The van der Waals surface area contributed by atoms with Crippen molar-refractivity contribution >= 4 is 5.91 Å². The summed E-state index contributed by atoms with van der Waals surface area (Å²) in [5, 5.41) is 9.65. The summed E-state index contributed by atoms with van der Waals surface area (Å²) in [5.74, 6) is -3.36. The van der Waals surface area contributed by atoms with Gasteiger partial charge in [0.1, 0.15) is 0 Å². The Hall–Kier alpha value is -1.99. The van der Waals surface area contributed by atoms with E-state index in [-0.39, 0.29) is 36.4 Å². The predicted octanol–water partition coefficient (Wildman–Crippen LogP) is 1.20. The van der Waals surface area contributed by atoms with E-state index in [1.807, 2.05) is 0 Å². The zero-order valence-electron chi connectivity index (χ0n) is 12.4. The number of alkyl halides is 2. The molecule has 124 valence electrons. The van der Waals surface area contributed by atoms with Crippen molar-refractivity contribution in [2.24, 2.45) is 5.41 Å². The monoisotopic (exact) mass is 325 g/mol. The summed E-state index contributed by atoms with van der Waals surface area (Å²) < 4.78 is 27.3. The number of aromatic amines is 1. The Morgan fingerprint density at radius 3 is 2.52 bits per heavy atom. The number of rotatable bonds is 2. The Balaban J connectivity index is 1.54. The Labute approximate surface area is 130 Å². The van der Waals surface area contributed by atoms with Crippen molar-refractivity contribution in [1.29, 1.82) is 0 Å². The van der Waals surface area contributed by atoms with Gasteiger partial charge in [0.15, 0.2) is 0 Å². The maximum absolute atomic E-state index is 13.6. The minimum atomic E-state index is -2.60. The number of aromatic hydroxyl groups is 1. The molecule has 1 spiro atoms. The maximum Gasteiger partial charge on any atom is 0.258 e. The lowest BCUT2D eigenvalue weighted by atomic mass is 9.86. The first kappa shape index (κ1) is 14.6. The van der Waals surface area contributed by atoms with E-state index in [1.54, 1.807) is 4.90 Å². The molecular weight excluding hydrogens is 308 g/mol. The van der Waals surface area contributed by atoms with Crippen LogP contribution >= 0.6 is 0 Å². The summed E-state index contributed by atoms with van der Waals surface area (Å²) in [6.45, 7) is 0. The molecular formula is C15H17F2N3O3. The Bertz CT molecular complexity index is 719. The zero-order valence-corrected chi connectivity index (χ0v) is 12.4. The van der Waals surface area contributed by atoms with Crippen molar-refractivity contribution in [2.45, 2.75) is 56.5 Å². The first-order valence-electron chi connectivity index (χ1n) is 7.77. The molecule has 1 aliphatic carbocycles. The van der Waals surface area contributed by atoms with Crippen molar-refractivity contribution in [3.05, 3.63) is 22.2 Å². The largest absolute Gasteiger partial charge is 0.493 e. The topological polar surface area (TPSA) is 86.3 Å². The number of nitrogens with zero attached hydrogens (tertiary/aromatic N) is 2. The number of carbonyl (C=O) groups is 1. The molecule has 2 unspecified atom stereocenters. The van der Waals surface area contributed by atoms with Gasteiger partial charge in [-0.1, -0.05) is 0 Å². The highest BCUT2D eigenvalue weighted by Gasteiger charge is 2.74. The van der Waals surface area contributed by atoms with Crippen molar-refractivity contribution < 1.29 is 18.7 Å². The molecule has 2 atom stereocenters. The average molecular weight is 325 g/mol. The lowest BCUT2D eigenvalue weighted by Crippen LogP contribution is -2.49. The number of halogens is 2. The van der Waals surface area contributed by atoms with Crippen LogP contribution in [0.3, 0.4) is 0 Å². The van der Waals surface area contributed by atoms with Crippen molar-refractivity contribution in [3.63, 3.8) is 0 Å². The number of nitrogens with one attached hydrogen (secondary N) is 1. The molecule has 2 saturated heterocycles.